The number of carbonyl (C=O) groups excluding carboxylic acids is 2. The van der Waals surface area contributed by atoms with Crippen LogP contribution in [0, 0.1) is 5.82 Å². The first-order valence-electron chi connectivity index (χ1n) is 11.2. The second-order valence-corrected chi connectivity index (χ2v) is 9.63. The SMILES string of the molecule is CC1=C(C(=O)OCc2ccccc2)C(c2cccs2)C2=C(CC(c3ccc(F)cc3)CC2=O)N1. The largest absolute Gasteiger partial charge is 0.457 e. The highest BCUT2D eigenvalue weighted by Crippen LogP contribution is 2.46. The van der Waals surface area contributed by atoms with Gasteiger partial charge in [0.15, 0.2) is 5.78 Å². The van der Waals surface area contributed by atoms with Gasteiger partial charge in [0.05, 0.1) is 11.5 Å². The average Bonchev–Trinajstić information content (AvgIpc) is 3.37. The van der Waals surface area contributed by atoms with E-state index in [1.165, 1.54) is 23.5 Å². The summed E-state index contributed by atoms with van der Waals surface area (Å²) < 4.78 is 19.1. The van der Waals surface area contributed by atoms with Gasteiger partial charge in [-0.3, -0.25) is 4.79 Å². The number of ether oxygens (including phenoxy) is 1. The van der Waals surface area contributed by atoms with Crippen LogP contribution in [0.3, 0.4) is 0 Å². The van der Waals surface area contributed by atoms with Crippen LogP contribution in [0.2, 0.25) is 0 Å². The summed E-state index contributed by atoms with van der Waals surface area (Å²) in [6.45, 7) is 2.02. The maximum absolute atomic E-state index is 13.5. The number of hydrogen-bond acceptors (Lipinski definition) is 5. The summed E-state index contributed by atoms with van der Waals surface area (Å²) in [7, 11) is 0. The molecule has 4 nitrogen and oxygen atoms in total. The Balaban J connectivity index is 1.47. The van der Waals surface area contributed by atoms with Crippen LogP contribution >= 0.6 is 11.3 Å². The number of thiophene rings is 1. The van der Waals surface area contributed by atoms with Crippen LogP contribution in [0.4, 0.5) is 4.39 Å². The topological polar surface area (TPSA) is 55.4 Å². The van der Waals surface area contributed by atoms with Crippen molar-refractivity contribution >= 4 is 23.1 Å². The third kappa shape index (κ3) is 4.33. The van der Waals surface area contributed by atoms with E-state index in [2.05, 4.69) is 5.32 Å². The van der Waals surface area contributed by atoms with Gasteiger partial charge < -0.3 is 10.1 Å². The van der Waals surface area contributed by atoms with Crippen molar-refractivity contribution in [3.05, 3.63) is 116 Å². The molecule has 3 aromatic rings. The van der Waals surface area contributed by atoms with Crippen LogP contribution in [0.1, 0.15) is 47.6 Å². The molecule has 5 rings (SSSR count). The summed E-state index contributed by atoms with van der Waals surface area (Å²) in [4.78, 5) is 27.7. The van der Waals surface area contributed by atoms with E-state index < -0.39 is 11.9 Å². The first-order chi connectivity index (χ1) is 16.5. The van der Waals surface area contributed by atoms with Gasteiger partial charge in [-0.2, -0.15) is 0 Å². The predicted molar refractivity (Wildman–Crippen MR) is 130 cm³/mol. The number of hydrogen-bond donors (Lipinski definition) is 1. The van der Waals surface area contributed by atoms with Crippen molar-refractivity contribution in [2.45, 2.75) is 38.2 Å². The fourth-order valence-electron chi connectivity index (χ4n) is 4.82. The minimum atomic E-state index is -0.457. The number of esters is 1. The molecule has 0 spiro atoms. The highest BCUT2D eigenvalue weighted by molar-refractivity contribution is 7.10. The number of rotatable bonds is 5. The van der Waals surface area contributed by atoms with E-state index in [1.54, 1.807) is 12.1 Å². The molecule has 0 amide bonds. The summed E-state index contributed by atoms with van der Waals surface area (Å²) in [6.07, 6.45) is 0.942. The lowest BCUT2D eigenvalue weighted by Gasteiger charge is -2.36. The Bertz CT molecular complexity index is 1280. The average molecular weight is 474 g/mol. The molecule has 6 heteroatoms. The third-order valence-electron chi connectivity index (χ3n) is 6.43. The molecule has 0 saturated carbocycles. The second kappa shape index (κ2) is 9.39. The Hall–Kier alpha value is -3.51. The first-order valence-corrected chi connectivity index (χ1v) is 12.1. The molecule has 2 atom stereocenters. The van der Waals surface area contributed by atoms with Gasteiger partial charge in [-0.05, 0) is 54.0 Å². The van der Waals surface area contributed by atoms with Crippen LogP contribution < -0.4 is 5.32 Å². The second-order valence-electron chi connectivity index (χ2n) is 8.65. The molecule has 2 aromatic carbocycles. The van der Waals surface area contributed by atoms with Crippen LogP contribution in [0.15, 0.2) is 94.7 Å². The number of dihydropyridines is 1. The molecule has 0 fully saturated rings. The summed E-state index contributed by atoms with van der Waals surface area (Å²) in [5, 5.41) is 5.30. The van der Waals surface area contributed by atoms with Crippen molar-refractivity contribution < 1.29 is 18.7 Å². The molecule has 0 saturated heterocycles. The molecular weight excluding hydrogens is 449 g/mol. The quantitative estimate of drug-likeness (QED) is 0.463. The molecule has 2 unspecified atom stereocenters. The smallest absolute Gasteiger partial charge is 0.337 e. The molecule has 1 aliphatic heterocycles. The van der Waals surface area contributed by atoms with Crippen molar-refractivity contribution in [2.24, 2.45) is 0 Å². The zero-order valence-electron chi connectivity index (χ0n) is 18.7. The molecule has 1 aliphatic carbocycles. The molecule has 1 aromatic heterocycles. The summed E-state index contributed by atoms with van der Waals surface area (Å²) >= 11 is 1.53. The van der Waals surface area contributed by atoms with Crippen molar-refractivity contribution in [2.75, 3.05) is 0 Å². The normalized spacial score (nSPS) is 20.1. The summed E-state index contributed by atoms with van der Waals surface area (Å²) in [5.74, 6) is -1.21. The van der Waals surface area contributed by atoms with Gasteiger partial charge in [0.2, 0.25) is 0 Å². The van der Waals surface area contributed by atoms with E-state index in [1.807, 2.05) is 54.8 Å². The number of halogens is 1. The van der Waals surface area contributed by atoms with Crippen molar-refractivity contribution in [1.82, 2.24) is 5.32 Å². The lowest BCUT2D eigenvalue weighted by atomic mass is 9.73. The van der Waals surface area contributed by atoms with Crippen molar-refractivity contribution in [3.63, 3.8) is 0 Å². The Labute approximate surface area is 201 Å². The highest BCUT2D eigenvalue weighted by Gasteiger charge is 2.41. The van der Waals surface area contributed by atoms with E-state index >= 15 is 0 Å². The number of ketones is 1. The maximum atomic E-state index is 13.5. The molecule has 2 aliphatic rings. The zero-order chi connectivity index (χ0) is 23.7. The molecule has 172 valence electrons. The van der Waals surface area contributed by atoms with Crippen LogP contribution in [-0.4, -0.2) is 11.8 Å². The Kier molecular flexibility index (Phi) is 6.16. The maximum Gasteiger partial charge on any atom is 0.337 e. The number of carbonyl (C=O) groups is 2. The van der Waals surface area contributed by atoms with Gasteiger partial charge in [-0.1, -0.05) is 48.5 Å². The van der Waals surface area contributed by atoms with E-state index in [-0.39, 0.29) is 24.1 Å². The zero-order valence-corrected chi connectivity index (χ0v) is 19.5. The van der Waals surface area contributed by atoms with E-state index in [9.17, 15) is 14.0 Å². The molecule has 34 heavy (non-hydrogen) atoms. The van der Waals surface area contributed by atoms with Gasteiger partial charge in [0.1, 0.15) is 12.4 Å². The Morgan fingerprint density at radius 3 is 2.53 bits per heavy atom. The van der Waals surface area contributed by atoms with Gasteiger partial charge in [-0.15, -0.1) is 11.3 Å². The third-order valence-corrected chi connectivity index (χ3v) is 7.37. The number of Topliss-reactive ketones (excluding diaryl/α,β-unsaturated/α-hetero) is 1. The Morgan fingerprint density at radius 2 is 1.82 bits per heavy atom. The van der Waals surface area contributed by atoms with Crippen molar-refractivity contribution in [3.8, 4) is 0 Å². The van der Waals surface area contributed by atoms with Crippen LogP contribution in [-0.2, 0) is 20.9 Å². The van der Waals surface area contributed by atoms with Gasteiger partial charge in [-0.25, -0.2) is 9.18 Å². The number of allylic oxidation sites excluding steroid dienone is 3. The summed E-state index contributed by atoms with van der Waals surface area (Å²) in [5.41, 5.74) is 4.49. The molecule has 2 heterocycles. The fraction of sp³-hybridized carbons (Fsp3) is 0.214. The monoisotopic (exact) mass is 473 g/mol. The van der Waals surface area contributed by atoms with E-state index in [0.717, 1.165) is 21.7 Å². The van der Waals surface area contributed by atoms with E-state index in [0.29, 0.717) is 29.7 Å². The molecule has 0 bridgehead atoms. The highest BCUT2D eigenvalue weighted by atomic mass is 32.1. The van der Waals surface area contributed by atoms with Gasteiger partial charge in [0, 0.05) is 28.3 Å². The molecule has 0 radical (unpaired) electrons. The van der Waals surface area contributed by atoms with Gasteiger partial charge in [0.25, 0.3) is 0 Å². The lowest BCUT2D eigenvalue weighted by molar-refractivity contribution is -0.140. The minimum absolute atomic E-state index is 0.00216. The lowest BCUT2D eigenvalue weighted by Crippen LogP contribution is -2.35. The number of benzene rings is 2. The summed E-state index contributed by atoms with van der Waals surface area (Å²) in [6, 6.07) is 19.8. The van der Waals surface area contributed by atoms with Crippen LogP contribution in [0.25, 0.3) is 0 Å². The standard InChI is InChI=1S/C28H24FNO3S/c1-17-25(28(32)33-16-18-6-3-2-4-7-18)27(24-8-5-13-34-24)26-22(30-17)14-20(15-23(26)31)19-9-11-21(29)12-10-19/h2-13,20,27,30H,14-16H2,1H3. The predicted octanol–water partition coefficient (Wildman–Crippen LogP) is 5.99. The van der Waals surface area contributed by atoms with Gasteiger partial charge >= 0.3 is 5.97 Å². The first kappa shape index (κ1) is 22.3. The fourth-order valence-corrected chi connectivity index (χ4v) is 5.66. The molecular formula is C28H24FNO3S. The van der Waals surface area contributed by atoms with E-state index in [4.69, 9.17) is 4.74 Å². The van der Waals surface area contributed by atoms with Crippen LogP contribution in [0.5, 0.6) is 0 Å². The van der Waals surface area contributed by atoms with Crippen molar-refractivity contribution in [1.29, 1.82) is 0 Å². The minimum Gasteiger partial charge on any atom is -0.457 e. The number of nitrogens with one attached hydrogen (secondary N) is 1. The molecule has 1 N–H and O–H groups in total. The Morgan fingerprint density at radius 1 is 1.06 bits per heavy atom.